The highest BCUT2D eigenvalue weighted by Gasteiger charge is 2.01. The second kappa shape index (κ2) is 9.43. The Bertz CT molecular complexity index is 245. The van der Waals surface area contributed by atoms with E-state index in [1.807, 2.05) is 0 Å². The molecule has 0 radical (unpaired) electrons. The molecule has 2 heteroatoms. The molecule has 2 nitrogen and oxygen atoms in total. The number of allylic oxidation sites excluding steroid dienone is 2. The molecule has 98 valence electrons. The summed E-state index contributed by atoms with van der Waals surface area (Å²) in [7, 11) is 1.80. The fourth-order valence-corrected chi connectivity index (χ4v) is 2.08. The van der Waals surface area contributed by atoms with E-state index >= 15 is 0 Å². The first-order valence-electron chi connectivity index (χ1n) is 6.88. The smallest absolute Gasteiger partial charge is 0.0755 e. The van der Waals surface area contributed by atoms with Gasteiger partial charge in [0.25, 0.3) is 0 Å². The first-order valence-corrected chi connectivity index (χ1v) is 6.88. The molecule has 1 aliphatic heterocycles. The van der Waals surface area contributed by atoms with E-state index in [1.165, 1.54) is 31.3 Å². The molecule has 0 saturated carbocycles. The maximum absolute atomic E-state index is 5.45. The van der Waals surface area contributed by atoms with E-state index in [1.54, 1.807) is 7.11 Å². The molecule has 0 fully saturated rings. The summed E-state index contributed by atoms with van der Waals surface area (Å²) in [6, 6.07) is 0. The number of hydrogen-bond acceptors (Lipinski definition) is 2. The van der Waals surface area contributed by atoms with E-state index in [-0.39, 0.29) is 6.10 Å². The fraction of sp³-hybridized carbons (Fsp3) is 0.733. The van der Waals surface area contributed by atoms with E-state index in [0.29, 0.717) is 0 Å². The van der Waals surface area contributed by atoms with Gasteiger partial charge in [-0.25, -0.2) is 0 Å². The van der Waals surface area contributed by atoms with Crippen LogP contribution in [-0.2, 0) is 4.74 Å². The van der Waals surface area contributed by atoms with Crippen LogP contribution in [0.2, 0.25) is 0 Å². The normalized spacial score (nSPS) is 30.0. The van der Waals surface area contributed by atoms with Gasteiger partial charge in [0.2, 0.25) is 0 Å². The molecule has 1 aliphatic rings. The quantitative estimate of drug-likeness (QED) is 0.705. The van der Waals surface area contributed by atoms with Gasteiger partial charge in [-0.3, -0.25) is 0 Å². The van der Waals surface area contributed by atoms with Crippen molar-refractivity contribution in [3.63, 3.8) is 0 Å². The molecule has 0 aromatic rings. The van der Waals surface area contributed by atoms with Crippen molar-refractivity contribution in [1.29, 1.82) is 0 Å². The van der Waals surface area contributed by atoms with Crippen LogP contribution in [0, 0.1) is 0 Å². The minimum atomic E-state index is 0.287. The van der Waals surface area contributed by atoms with Crippen molar-refractivity contribution in [3.8, 4) is 0 Å². The molecule has 0 aliphatic carbocycles. The van der Waals surface area contributed by atoms with Crippen LogP contribution in [0.25, 0.3) is 0 Å². The number of rotatable bonds is 1. The highest BCUT2D eigenvalue weighted by Crippen LogP contribution is 2.08. The Morgan fingerprint density at radius 2 is 2.12 bits per heavy atom. The topological polar surface area (TPSA) is 21.3 Å². The molecule has 1 atom stereocenters. The molecule has 17 heavy (non-hydrogen) atoms. The van der Waals surface area contributed by atoms with Gasteiger partial charge in [-0.15, -0.1) is 0 Å². The third kappa shape index (κ3) is 7.35. The van der Waals surface area contributed by atoms with E-state index in [2.05, 4.69) is 30.5 Å². The fourth-order valence-electron chi connectivity index (χ4n) is 2.08. The summed E-state index contributed by atoms with van der Waals surface area (Å²) in [4.78, 5) is 0. The number of methoxy groups -OCH3 is 1. The Kier molecular flexibility index (Phi) is 8.02. The summed E-state index contributed by atoms with van der Waals surface area (Å²) in [5.74, 6) is 0. The lowest BCUT2D eigenvalue weighted by molar-refractivity contribution is 0.134. The van der Waals surface area contributed by atoms with Crippen molar-refractivity contribution in [2.24, 2.45) is 0 Å². The van der Waals surface area contributed by atoms with E-state index in [4.69, 9.17) is 4.74 Å². The van der Waals surface area contributed by atoms with Crippen LogP contribution in [0.5, 0.6) is 0 Å². The highest BCUT2D eigenvalue weighted by molar-refractivity contribution is 5.01. The molecule has 1 unspecified atom stereocenters. The zero-order valence-electron chi connectivity index (χ0n) is 11.4. The van der Waals surface area contributed by atoms with Gasteiger partial charge in [-0.1, -0.05) is 30.2 Å². The predicted octanol–water partition coefficient (Wildman–Crippen LogP) is 3.45. The molecule has 0 saturated heterocycles. The zero-order valence-corrected chi connectivity index (χ0v) is 11.4. The van der Waals surface area contributed by atoms with E-state index in [9.17, 15) is 0 Å². The lowest BCUT2D eigenvalue weighted by Crippen LogP contribution is -2.17. The lowest BCUT2D eigenvalue weighted by atomic mass is 10.1. The summed E-state index contributed by atoms with van der Waals surface area (Å²) >= 11 is 0. The van der Waals surface area contributed by atoms with E-state index in [0.717, 1.165) is 25.9 Å². The van der Waals surface area contributed by atoms with Gasteiger partial charge in [0, 0.05) is 13.7 Å². The van der Waals surface area contributed by atoms with Crippen LogP contribution in [-0.4, -0.2) is 26.3 Å². The molecular weight excluding hydrogens is 210 g/mol. The van der Waals surface area contributed by atoms with Gasteiger partial charge < -0.3 is 10.1 Å². The highest BCUT2D eigenvalue weighted by atomic mass is 16.5. The van der Waals surface area contributed by atoms with Crippen LogP contribution in [0.4, 0.5) is 0 Å². The van der Waals surface area contributed by atoms with Gasteiger partial charge >= 0.3 is 0 Å². The minimum absolute atomic E-state index is 0.287. The summed E-state index contributed by atoms with van der Waals surface area (Å²) in [6.45, 7) is 4.39. The lowest BCUT2D eigenvalue weighted by Gasteiger charge is -2.11. The number of nitrogens with one attached hydrogen (secondary N) is 1. The van der Waals surface area contributed by atoms with Gasteiger partial charge in [0.1, 0.15) is 0 Å². The van der Waals surface area contributed by atoms with Crippen LogP contribution >= 0.6 is 0 Å². The third-order valence-electron chi connectivity index (χ3n) is 3.23. The largest absolute Gasteiger partial charge is 0.377 e. The average molecular weight is 237 g/mol. The predicted molar refractivity (Wildman–Crippen MR) is 74.3 cm³/mol. The SMILES string of the molecule is COC1/C=C/CCCCCNC/C(C)=C\CC1. The Labute approximate surface area is 106 Å². The molecule has 0 aromatic carbocycles. The summed E-state index contributed by atoms with van der Waals surface area (Å²) < 4.78 is 5.45. The summed E-state index contributed by atoms with van der Waals surface area (Å²) in [6.07, 6.45) is 14.4. The van der Waals surface area contributed by atoms with E-state index < -0.39 is 0 Å². The maximum Gasteiger partial charge on any atom is 0.0755 e. The van der Waals surface area contributed by atoms with Crippen LogP contribution in [0.1, 0.15) is 45.4 Å². The molecule has 1 heterocycles. The number of hydrogen-bond donors (Lipinski definition) is 1. The zero-order chi connectivity index (χ0) is 12.3. The van der Waals surface area contributed by atoms with Crippen LogP contribution in [0.3, 0.4) is 0 Å². The van der Waals surface area contributed by atoms with Crippen molar-refractivity contribution >= 4 is 0 Å². The Morgan fingerprint density at radius 1 is 1.24 bits per heavy atom. The van der Waals surface area contributed by atoms with Crippen LogP contribution in [0.15, 0.2) is 23.8 Å². The number of ether oxygens (including phenoxy) is 1. The standard InChI is InChI=1S/C15H27NO/c1-14-9-8-11-15(17-2)10-6-4-3-5-7-12-16-13-14/h6,9-10,15-16H,3-5,7-8,11-13H2,1-2H3/b10-6+,14-9-. The Hall–Kier alpha value is -0.600. The molecule has 0 aromatic heterocycles. The van der Waals surface area contributed by atoms with Gasteiger partial charge in [-0.05, 0) is 45.6 Å². The maximum atomic E-state index is 5.45. The molecule has 1 rings (SSSR count). The van der Waals surface area contributed by atoms with Gasteiger partial charge in [0.15, 0.2) is 0 Å². The van der Waals surface area contributed by atoms with Gasteiger partial charge in [-0.2, -0.15) is 0 Å². The average Bonchev–Trinajstić information content (AvgIpc) is 2.34. The second-order valence-electron chi connectivity index (χ2n) is 4.86. The summed E-state index contributed by atoms with van der Waals surface area (Å²) in [5.41, 5.74) is 1.45. The monoisotopic (exact) mass is 237 g/mol. The minimum Gasteiger partial charge on any atom is -0.377 e. The van der Waals surface area contributed by atoms with Crippen molar-refractivity contribution in [2.75, 3.05) is 20.2 Å². The van der Waals surface area contributed by atoms with Crippen molar-refractivity contribution in [1.82, 2.24) is 5.32 Å². The molecule has 0 spiro atoms. The Morgan fingerprint density at radius 3 is 2.94 bits per heavy atom. The molecule has 0 amide bonds. The van der Waals surface area contributed by atoms with Gasteiger partial charge in [0.05, 0.1) is 6.10 Å². The molecule has 0 bridgehead atoms. The van der Waals surface area contributed by atoms with Crippen molar-refractivity contribution in [3.05, 3.63) is 23.8 Å². The Balaban J connectivity index is 2.43. The first kappa shape index (κ1) is 14.5. The third-order valence-corrected chi connectivity index (χ3v) is 3.23. The molecule has 1 N–H and O–H groups in total. The second-order valence-corrected chi connectivity index (χ2v) is 4.86. The molecular formula is C15H27NO. The first-order chi connectivity index (χ1) is 8.33. The van der Waals surface area contributed by atoms with Crippen molar-refractivity contribution < 1.29 is 4.74 Å². The van der Waals surface area contributed by atoms with Crippen LogP contribution < -0.4 is 5.32 Å². The van der Waals surface area contributed by atoms with Crippen molar-refractivity contribution in [2.45, 2.75) is 51.6 Å². The summed E-state index contributed by atoms with van der Waals surface area (Å²) in [5, 5.41) is 3.50.